The van der Waals surface area contributed by atoms with Crippen LogP contribution in [0.1, 0.15) is 16.0 Å². The van der Waals surface area contributed by atoms with E-state index in [9.17, 15) is 13.2 Å². The van der Waals surface area contributed by atoms with Gasteiger partial charge in [0.05, 0.1) is 17.5 Å². The molecule has 0 aliphatic heterocycles. The molecule has 154 valence electrons. The predicted molar refractivity (Wildman–Crippen MR) is 111 cm³/mol. The Kier molecular flexibility index (Phi) is 5.76. The van der Waals surface area contributed by atoms with Gasteiger partial charge in [0.1, 0.15) is 12.4 Å². The second kappa shape index (κ2) is 8.62. The monoisotopic (exact) mass is 429 g/mol. The van der Waals surface area contributed by atoms with Crippen molar-refractivity contribution in [2.24, 2.45) is 0 Å². The third-order valence-corrected chi connectivity index (χ3v) is 5.37. The van der Waals surface area contributed by atoms with Crippen molar-refractivity contribution in [2.75, 3.05) is 5.32 Å². The van der Waals surface area contributed by atoms with E-state index in [1.54, 1.807) is 17.5 Å². The maximum absolute atomic E-state index is 12.8. The van der Waals surface area contributed by atoms with Gasteiger partial charge >= 0.3 is 6.18 Å². The number of hydrogen-bond donors (Lipinski definition) is 2. The first-order valence-corrected chi connectivity index (χ1v) is 10.1. The lowest BCUT2D eigenvalue weighted by Gasteiger charge is -2.10. The lowest BCUT2D eigenvalue weighted by molar-refractivity contribution is -0.137. The van der Waals surface area contributed by atoms with E-state index < -0.39 is 11.7 Å². The van der Waals surface area contributed by atoms with E-state index in [0.717, 1.165) is 34.0 Å². The first-order valence-electron chi connectivity index (χ1n) is 9.18. The number of alkyl halides is 3. The molecule has 4 aromatic rings. The summed E-state index contributed by atoms with van der Waals surface area (Å²) in [6, 6.07) is 16.7. The van der Waals surface area contributed by atoms with Crippen LogP contribution in [0, 0.1) is 0 Å². The Hall–Kier alpha value is -3.26. The Balaban J connectivity index is 1.37. The lowest BCUT2D eigenvalue weighted by atomic mass is 10.1. The van der Waals surface area contributed by atoms with Gasteiger partial charge in [0.15, 0.2) is 0 Å². The first kappa shape index (κ1) is 20.0. The predicted octanol–water partition coefficient (Wildman–Crippen LogP) is 6.35. The third-order valence-electron chi connectivity index (χ3n) is 4.52. The van der Waals surface area contributed by atoms with Gasteiger partial charge in [-0.05, 0) is 53.4 Å². The fraction of sp³-hybridized carbons (Fsp3) is 0.136. The van der Waals surface area contributed by atoms with E-state index in [4.69, 9.17) is 4.74 Å². The van der Waals surface area contributed by atoms with Crippen LogP contribution < -0.4 is 10.1 Å². The fourth-order valence-corrected chi connectivity index (χ4v) is 3.55. The molecule has 4 nitrogen and oxygen atoms in total. The van der Waals surface area contributed by atoms with Crippen LogP contribution in [0.15, 0.2) is 72.2 Å². The molecule has 0 aliphatic carbocycles. The van der Waals surface area contributed by atoms with Crippen molar-refractivity contribution in [2.45, 2.75) is 19.3 Å². The number of H-pyrrole nitrogens is 1. The molecule has 8 heteroatoms. The normalized spacial score (nSPS) is 11.4. The molecule has 0 fully saturated rings. The van der Waals surface area contributed by atoms with Gasteiger partial charge in [-0.1, -0.05) is 18.2 Å². The smallest absolute Gasteiger partial charge is 0.416 e. The molecule has 2 heterocycles. The van der Waals surface area contributed by atoms with Gasteiger partial charge in [-0.2, -0.15) is 18.3 Å². The van der Waals surface area contributed by atoms with E-state index in [1.165, 1.54) is 12.1 Å². The van der Waals surface area contributed by atoms with Gasteiger partial charge in [-0.25, -0.2) is 0 Å². The molecule has 2 aromatic heterocycles. The summed E-state index contributed by atoms with van der Waals surface area (Å²) in [6.45, 7) is 1.01. The molecule has 0 amide bonds. The van der Waals surface area contributed by atoms with Crippen LogP contribution in [0.5, 0.6) is 5.75 Å². The Morgan fingerprint density at radius 2 is 1.77 bits per heavy atom. The third kappa shape index (κ3) is 4.83. The van der Waals surface area contributed by atoms with Crippen molar-refractivity contribution < 1.29 is 17.9 Å². The standard InChI is InChI=1S/C22H18F3N3OS/c23-22(24,25)17-5-3-15(4-6-17)21-16(13-27-28-21)12-26-18-7-9-19(10-8-18)29-14-20-2-1-11-30-20/h1-11,13,26H,12,14H2,(H,27,28). The van der Waals surface area contributed by atoms with E-state index in [2.05, 4.69) is 15.5 Å². The van der Waals surface area contributed by atoms with Crippen LogP contribution in [0.3, 0.4) is 0 Å². The summed E-state index contributed by atoms with van der Waals surface area (Å²) in [5.41, 5.74) is 2.42. The number of hydrogen-bond acceptors (Lipinski definition) is 4. The molecule has 0 saturated heterocycles. The molecule has 0 unspecified atom stereocenters. The summed E-state index contributed by atoms with van der Waals surface area (Å²) >= 11 is 1.65. The van der Waals surface area contributed by atoms with Crippen LogP contribution in [-0.4, -0.2) is 10.2 Å². The molecule has 0 saturated carbocycles. The Labute approximate surface area is 175 Å². The van der Waals surface area contributed by atoms with Crippen molar-refractivity contribution in [3.8, 4) is 17.0 Å². The molecule has 0 aliphatic rings. The lowest BCUT2D eigenvalue weighted by Crippen LogP contribution is -2.04. The van der Waals surface area contributed by atoms with E-state index in [0.29, 0.717) is 24.4 Å². The first-order chi connectivity index (χ1) is 14.5. The zero-order valence-corrected chi connectivity index (χ0v) is 16.6. The fourth-order valence-electron chi connectivity index (χ4n) is 2.94. The average Bonchev–Trinajstić information content (AvgIpc) is 3.43. The minimum absolute atomic E-state index is 0.474. The van der Waals surface area contributed by atoms with Crippen LogP contribution in [0.2, 0.25) is 0 Å². The maximum Gasteiger partial charge on any atom is 0.416 e. The number of aromatic amines is 1. The van der Waals surface area contributed by atoms with E-state index >= 15 is 0 Å². The largest absolute Gasteiger partial charge is 0.488 e. The van der Waals surface area contributed by atoms with Crippen molar-refractivity contribution in [1.82, 2.24) is 10.2 Å². The quantitative estimate of drug-likeness (QED) is 0.360. The molecule has 0 radical (unpaired) electrons. The number of anilines is 1. The zero-order valence-electron chi connectivity index (χ0n) is 15.7. The van der Waals surface area contributed by atoms with Crippen molar-refractivity contribution in [3.63, 3.8) is 0 Å². The van der Waals surface area contributed by atoms with Crippen LogP contribution in [0.25, 0.3) is 11.3 Å². The highest BCUT2D eigenvalue weighted by atomic mass is 32.1. The van der Waals surface area contributed by atoms with Gasteiger partial charge in [-0.15, -0.1) is 11.3 Å². The minimum atomic E-state index is -4.35. The number of aromatic nitrogens is 2. The van der Waals surface area contributed by atoms with Crippen LogP contribution in [0.4, 0.5) is 18.9 Å². The number of nitrogens with zero attached hydrogens (tertiary/aromatic N) is 1. The highest BCUT2D eigenvalue weighted by Gasteiger charge is 2.30. The topological polar surface area (TPSA) is 49.9 Å². The summed E-state index contributed by atoms with van der Waals surface area (Å²) < 4.78 is 44.0. The molecule has 4 rings (SSSR count). The molecule has 0 atom stereocenters. The Morgan fingerprint density at radius 3 is 2.43 bits per heavy atom. The highest BCUT2D eigenvalue weighted by molar-refractivity contribution is 7.09. The number of rotatable bonds is 7. The molecule has 2 aromatic carbocycles. The van der Waals surface area contributed by atoms with Gasteiger partial charge in [0, 0.05) is 22.7 Å². The SMILES string of the molecule is FC(F)(F)c1ccc(-c2[nH]ncc2CNc2ccc(OCc3cccs3)cc2)cc1. The number of thiophene rings is 1. The highest BCUT2D eigenvalue weighted by Crippen LogP contribution is 2.31. The van der Waals surface area contributed by atoms with E-state index in [1.807, 2.05) is 41.8 Å². The summed E-state index contributed by atoms with van der Waals surface area (Å²) in [5.74, 6) is 0.780. The second-order valence-electron chi connectivity index (χ2n) is 6.59. The maximum atomic E-state index is 12.8. The van der Waals surface area contributed by atoms with Gasteiger partial charge in [0.2, 0.25) is 0 Å². The second-order valence-corrected chi connectivity index (χ2v) is 7.62. The van der Waals surface area contributed by atoms with Crippen LogP contribution in [-0.2, 0) is 19.3 Å². The Morgan fingerprint density at radius 1 is 1.00 bits per heavy atom. The van der Waals surface area contributed by atoms with E-state index in [-0.39, 0.29) is 0 Å². The summed E-state index contributed by atoms with van der Waals surface area (Å²) in [7, 11) is 0. The molecular weight excluding hydrogens is 411 g/mol. The number of benzene rings is 2. The molecule has 30 heavy (non-hydrogen) atoms. The molecular formula is C22H18F3N3OS. The number of halogens is 3. The van der Waals surface area contributed by atoms with Gasteiger partial charge in [0.25, 0.3) is 0 Å². The van der Waals surface area contributed by atoms with Gasteiger partial charge in [-0.3, -0.25) is 5.10 Å². The van der Waals surface area contributed by atoms with Gasteiger partial charge < -0.3 is 10.1 Å². The average molecular weight is 429 g/mol. The Bertz CT molecular complexity index is 1070. The van der Waals surface area contributed by atoms with Crippen LogP contribution >= 0.6 is 11.3 Å². The number of ether oxygens (including phenoxy) is 1. The number of nitrogens with one attached hydrogen (secondary N) is 2. The minimum Gasteiger partial charge on any atom is -0.488 e. The summed E-state index contributed by atoms with van der Waals surface area (Å²) in [4.78, 5) is 1.16. The molecule has 2 N–H and O–H groups in total. The summed E-state index contributed by atoms with van der Waals surface area (Å²) in [6.07, 6.45) is -2.69. The molecule has 0 bridgehead atoms. The van der Waals surface area contributed by atoms with Crippen molar-refractivity contribution in [3.05, 3.63) is 88.2 Å². The van der Waals surface area contributed by atoms with Crippen molar-refractivity contribution in [1.29, 1.82) is 0 Å². The summed E-state index contributed by atoms with van der Waals surface area (Å²) in [5, 5.41) is 12.2. The zero-order chi connectivity index (χ0) is 21.0. The molecule has 0 spiro atoms. The van der Waals surface area contributed by atoms with Crippen molar-refractivity contribution >= 4 is 17.0 Å².